The van der Waals surface area contributed by atoms with Crippen LogP contribution in [-0.2, 0) is 11.2 Å². The van der Waals surface area contributed by atoms with Gasteiger partial charge < -0.3 is 14.5 Å². The third-order valence-corrected chi connectivity index (χ3v) is 3.03. The highest BCUT2D eigenvalue weighted by Crippen LogP contribution is 2.13. The molecule has 6 heteroatoms. The Morgan fingerprint density at radius 3 is 2.86 bits per heavy atom. The maximum Gasteiger partial charge on any atom is 0.407 e. The molecule has 0 saturated heterocycles. The summed E-state index contributed by atoms with van der Waals surface area (Å²) in [6, 6.07) is 5.63. The zero-order valence-electron chi connectivity index (χ0n) is 13.1. The van der Waals surface area contributed by atoms with Gasteiger partial charge in [-0.3, -0.25) is 4.79 Å². The first-order valence-electron chi connectivity index (χ1n) is 7.29. The Labute approximate surface area is 129 Å². The Morgan fingerprint density at radius 2 is 2.18 bits per heavy atom. The van der Waals surface area contributed by atoms with Gasteiger partial charge in [-0.05, 0) is 45.7 Å². The van der Waals surface area contributed by atoms with Crippen LogP contribution in [0.4, 0.5) is 4.79 Å². The van der Waals surface area contributed by atoms with Crippen molar-refractivity contribution in [3.05, 3.63) is 35.8 Å². The minimum absolute atomic E-state index is 0.429. The molecule has 22 heavy (non-hydrogen) atoms. The van der Waals surface area contributed by atoms with Gasteiger partial charge in [0.1, 0.15) is 16.9 Å². The molecule has 0 aliphatic carbocycles. The van der Waals surface area contributed by atoms with E-state index in [2.05, 4.69) is 10.3 Å². The van der Waals surface area contributed by atoms with E-state index in [9.17, 15) is 9.59 Å². The first-order chi connectivity index (χ1) is 10.4. The number of imidazole rings is 1. The fourth-order valence-corrected chi connectivity index (χ4v) is 2.17. The number of aromatic nitrogens is 2. The Morgan fingerprint density at radius 1 is 1.41 bits per heavy atom. The number of fused-ring (bicyclic) bond motifs is 1. The molecule has 0 atom stereocenters. The molecule has 1 N–H and O–H groups in total. The Bertz CT molecular complexity index is 671. The molecule has 0 saturated carbocycles. The summed E-state index contributed by atoms with van der Waals surface area (Å²) in [5, 5.41) is 2.71. The average Bonchev–Trinajstić information content (AvgIpc) is 2.79. The van der Waals surface area contributed by atoms with E-state index in [-0.39, 0.29) is 0 Å². The van der Waals surface area contributed by atoms with Crippen LogP contribution in [0, 0.1) is 0 Å². The summed E-state index contributed by atoms with van der Waals surface area (Å²) in [5.41, 5.74) is 1.55. The number of rotatable bonds is 5. The Hall–Kier alpha value is -2.37. The quantitative estimate of drug-likeness (QED) is 0.680. The predicted molar refractivity (Wildman–Crippen MR) is 83.1 cm³/mol. The highest BCUT2D eigenvalue weighted by atomic mass is 16.6. The summed E-state index contributed by atoms with van der Waals surface area (Å²) in [6.07, 6.45) is 3.56. The topological polar surface area (TPSA) is 72.7 Å². The van der Waals surface area contributed by atoms with Crippen molar-refractivity contribution in [2.75, 3.05) is 6.54 Å². The highest BCUT2D eigenvalue weighted by molar-refractivity contribution is 5.75. The van der Waals surface area contributed by atoms with Crippen molar-refractivity contribution in [2.24, 2.45) is 0 Å². The van der Waals surface area contributed by atoms with Gasteiger partial charge in [0.05, 0.1) is 5.69 Å². The van der Waals surface area contributed by atoms with Crippen LogP contribution >= 0.6 is 0 Å². The molecular formula is C16H21N3O3. The molecule has 0 bridgehead atoms. The van der Waals surface area contributed by atoms with Crippen LogP contribution in [0.25, 0.3) is 5.65 Å². The summed E-state index contributed by atoms with van der Waals surface area (Å²) < 4.78 is 7.07. The summed E-state index contributed by atoms with van der Waals surface area (Å²) in [7, 11) is 0. The molecule has 2 heterocycles. The maximum atomic E-state index is 11.5. The zero-order chi connectivity index (χ0) is 16.2. The van der Waals surface area contributed by atoms with Gasteiger partial charge in [0.25, 0.3) is 0 Å². The molecule has 0 unspecified atom stereocenters. The summed E-state index contributed by atoms with van der Waals surface area (Å²) in [4.78, 5) is 27.0. The molecular weight excluding hydrogens is 282 g/mol. The molecule has 2 aromatic heterocycles. The molecule has 6 nitrogen and oxygen atoms in total. The number of nitrogens with zero attached hydrogens (tertiary/aromatic N) is 2. The van der Waals surface area contributed by atoms with Gasteiger partial charge in [0, 0.05) is 12.7 Å². The van der Waals surface area contributed by atoms with Crippen LogP contribution in [-0.4, -0.2) is 33.9 Å². The SMILES string of the molecule is CC(C)(C)OC(=O)NCCCc1c(C=O)nc2ccccn12. The number of hydrogen-bond donors (Lipinski definition) is 1. The van der Waals surface area contributed by atoms with Crippen molar-refractivity contribution in [1.29, 1.82) is 0 Å². The summed E-state index contributed by atoms with van der Waals surface area (Å²) in [6.45, 7) is 5.94. The lowest BCUT2D eigenvalue weighted by Crippen LogP contribution is -2.33. The van der Waals surface area contributed by atoms with Crippen molar-refractivity contribution in [2.45, 2.75) is 39.2 Å². The molecule has 0 radical (unpaired) electrons. The fraction of sp³-hybridized carbons (Fsp3) is 0.438. The van der Waals surface area contributed by atoms with E-state index in [4.69, 9.17) is 4.74 Å². The minimum Gasteiger partial charge on any atom is -0.444 e. The number of alkyl carbamates (subject to hydrolysis) is 1. The lowest BCUT2D eigenvalue weighted by Gasteiger charge is -2.19. The smallest absolute Gasteiger partial charge is 0.407 e. The molecule has 1 amide bonds. The van der Waals surface area contributed by atoms with Gasteiger partial charge >= 0.3 is 6.09 Å². The number of hydrogen-bond acceptors (Lipinski definition) is 4. The Kier molecular flexibility index (Phi) is 4.80. The van der Waals surface area contributed by atoms with Gasteiger partial charge in [0.15, 0.2) is 6.29 Å². The van der Waals surface area contributed by atoms with Crippen molar-refractivity contribution in [3.8, 4) is 0 Å². The van der Waals surface area contributed by atoms with Gasteiger partial charge in [-0.1, -0.05) is 6.07 Å². The number of pyridine rings is 1. The average molecular weight is 303 g/mol. The summed E-state index contributed by atoms with van der Waals surface area (Å²) in [5.74, 6) is 0. The van der Waals surface area contributed by atoms with E-state index in [0.29, 0.717) is 25.1 Å². The van der Waals surface area contributed by atoms with E-state index in [0.717, 1.165) is 17.6 Å². The number of carbonyl (C=O) groups excluding carboxylic acids is 2. The number of aldehydes is 1. The van der Waals surface area contributed by atoms with Gasteiger partial charge in [-0.25, -0.2) is 9.78 Å². The predicted octanol–water partition coefficient (Wildman–Crippen LogP) is 2.60. The lowest BCUT2D eigenvalue weighted by molar-refractivity contribution is 0.0527. The molecule has 0 aliphatic rings. The van der Waals surface area contributed by atoms with Crippen LogP contribution in [0.3, 0.4) is 0 Å². The number of carbonyl (C=O) groups is 2. The zero-order valence-corrected chi connectivity index (χ0v) is 13.1. The third kappa shape index (κ3) is 4.07. The molecule has 0 aliphatic heterocycles. The van der Waals surface area contributed by atoms with E-state index in [1.54, 1.807) is 0 Å². The standard InChI is InChI=1S/C16H21N3O3/c1-16(2,3)22-15(21)17-9-6-7-13-12(11-20)18-14-8-4-5-10-19(13)14/h4-5,8,10-11H,6-7,9H2,1-3H3,(H,17,21). The molecule has 0 aromatic carbocycles. The fourth-order valence-electron chi connectivity index (χ4n) is 2.17. The second-order valence-corrected chi connectivity index (χ2v) is 6.02. The van der Waals surface area contributed by atoms with E-state index >= 15 is 0 Å². The van der Waals surface area contributed by atoms with Crippen LogP contribution in [0.5, 0.6) is 0 Å². The van der Waals surface area contributed by atoms with Crippen molar-refractivity contribution < 1.29 is 14.3 Å². The van der Waals surface area contributed by atoms with Crippen molar-refractivity contribution in [3.63, 3.8) is 0 Å². The molecule has 2 aromatic rings. The first-order valence-corrected chi connectivity index (χ1v) is 7.29. The second kappa shape index (κ2) is 6.60. The largest absolute Gasteiger partial charge is 0.444 e. The van der Waals surface area contributed by atoms with Crippen LogP contribution in [0.15, 0.2) is 24.4 Å². The second-order valence-electron chi connectivity index (χ2n) is 6.02. The molecule has 0 spiro atoms. The Balaban J connectivity index is 1.92. The monoisotopic (exact) mass is 303 g/mol. The van der Waals surface area contributed by atoms with Gasteiger partial charge in [-0.15, -0.1) is 0 Å². The van der Waals surface area contributed by atoms with Crippen LogP contribution < -0.4 is 5.32 Å². The molecule has 118 valence electrons. The van der Waals surface area contributed by atoms with E-state index in [1.807, 2.05) is 49.6 Å². The lowest BCUT2D eigenvalue weighted by atomic mass is 10.2. The van der Waals surface area contributed by atoms with Crippen molar-refractivity contribution >= 4 is 18.0 Å². The van der Waals surface area contributed by atoms with Gasteiger partial charge in [-0.2, -0.15) is 0 Å². The van der Waals surface area contributed by atoms with Crippen LogP contribution in [0.1, 0.15) is 43.4 Å². The normalized spacial score (nSPS) is 11.4. The van der Waals surface area contributed by atoms with Crippen molar-refractivity contribution in [1.82, 2.24) is 14.7 Å². The number of aryl methyl sites for hydroxylation is 1. The number of nitrogens with one attached hydrogen (secondary N) is 1. The number of amides is 1. The minimum atomic E-state index is -0.504. The van der Waals surface area contributed by atoms with Gasteiger partial charge in [0.2, 0.25) is 0 Å². The van der Waals surface area contributed by atoms with E-state index < -0.39 is 11.7 Å². The van der Waals surface area contributed by atoms with Crippen LogP contribution in [0.2, 0.25) is 0 Å². The molecule has 0 fully saturated rings. The first kappa shape index (κ1) is 16.0. The highest BCUT2D eigenvalue weighted by Gasteiger charge is 2.16. The third-order valence-electron chi connectivity index (χ3n) is 3.03. The maximum absolute atomic E-state index is 11.5. The van der Waals surface area contributed by atoms with E-state index in [1.165, 1.54) is 0 Å². The number of ether oxygens (including phenoxy) is 1. The summed E-state index contributed by atoms with van der Waals surface area (Å²) >= 11 is 0. The molecule has 2 rings (SSSR count).